The van der Waals surface area contributed by atoms with E-state index in [9.17, 15) is 19.5 Å². The van der Waals surface area contributed by atoms with Crippen LogP contribution in [-0.4, -0.2) is 76.0 Å². The van der Waals surface area contributed by atoms with Gasteiger partial charge in [-0.05, 0) is 32.1 Å². The first-order valence-electron chi connectivity index (χ1n) is 7.60. The summed E-state index contributed by atoms with van der Waals surface area (Å²) in [5.41, 5.74) is 0. The lowest BCUT2D eigenvalue weighted by molar-refractivity contribution is -0.145. The summed E-state index contributed by atoms with van der Waals surface area (Å²) in [5, 5.41) is 9.69. The van der Waals surface area contributed by atoms with Gasteiger partial charge in [0.15, 0.2) is 0 Å². The molecule has 0 bridgehead atoms. The van der Waals surface area contributed by atoms with E-state index in [0.29, 0.717) is 25.7 Å². The zero-order chi connectivity index (χ0) is 15.0. The molecule has 1 aliphatic carbocycles. The van der Waals surface area contributed by atoms with Crippen molar-refractivity contribution in [2.24, 2.45) is 0 Å². The average Bonchev–Trinajstić information content (AvgIpc) is 3.24. The maximum Gasteiger partial charge on any atom is 0.251 e. The molecule has 0 radical (unpaired) electrons. The first-order valence-corrected chi connectivity index (χ1v) is 7.60. The van der Waals surface area contributed by atoms with Crippen molar-refractivity contribution in [3.8, 4) is 0 Å². The van der Waals surface area contributed by atoms with E-state index < -0.39 is 6.10 Å². The quantitative estimate of drug-likeness (QED) is 0.735. The van der Waals surface area contributed by atoms with Gasteiger partial charge in [0, 0.05) is 12.6 Å². The van der Waals surface area contributed by atoms with E-state index in [-0.39, 0.29) is 30.8 Å². The minimum absolute atomic E-state index is 0.00641. The van der Waals surface area contributed by atoms with Crippen molar-refractivity contribution in [2.75, 3.05) is 26.3 Å². The Hall–Kier alpha value is -1.63. The summed E-state index contributed by atoms with van der Waals surface area (Å²) in [6.45, 7) is 0.907. The number of hydrogen-bond acceptors (Lipinski definition) is 4. The Morgan fingerprint density at radius 3 is 2.67 bits per heavy atom. The molecule has 2 aliphatic heterocycles. The molecule has 116 valence electrons. The van der Waals surface area contributed by atoms with Crippen molar-refractivity contribution in [3.05, 3.63) is 0 Å². The predicted octanol–water partition coefficient (Wildman–Crippen LogP) is -0.849. The molecule has 0 aromatic rings. The van der Waals surface area contributed by atoms with Crippen molar-refractivity contribution in [1.29, 1.82) is 0 Å². The number of rotatable bonds is 3. The summed E-state index contributed by atoms with van der Waals surface area (Å²) in [6.07, 6.45) is 3.08. The minimum Gasteiger partial charge on any atom is -0.383 e. The molecule has 3 fully saturated rings. The van der Waals surface area contributed by atoms with Gasteiger partial charge in [-0.2, -0.15) is 0 Å². The van der Waals surface area contributed by atoms with Crippen molar-refractivity contribution >= 4 is 17.7 Å². The van der Waals surface area contributed by atoms with Crippen LogP contribution in [0.1, 0.15) is 32.1 Å². The van der Waals surface area contributed by atoms with Gasteiger partial charge in [0.05, 0.1) is 13.2 Å². The highest BCUT2D eigenvalue weighted by Gasteiger charge is 2.40. The van der Waals surface area contributed by atoms with Gasteiger partial charge in [0.2, 0.25) is 11.8 Å². The van der Waals surface area contributed by atoms with Crippen LogP contribution in [0, 0.1) is 0 Å². The number of aliphatic hydroxyl groups is 1. The third-order valence-electron chi connectivity index (χ3n) is 4.39. The molecule has 3 aliphatic rings. The molecule has 1 unspecified atom stereocenters. The lowest BCUT2D eigenvalue weighted by atomic mass is 10.2. The highest BCUT2D eigenvalue weighted by atomic mass is 16.3. The smallest absolute Gasteiger partial charge is 0.251 e. The van der Waals surface area contributed by atoms with Gasteiger partial charge in [-0.25, -0.2) is 0 Å². The number of carbonyl (C=O) groups is 3. The first kappa shape index (κ1) is 14.3. The second kappa shape index (κ2) is 5.63. The van der Waals surface area contributed by atoms with E-state index >= 15 is 0 Å². The molecule has 7 nitrogen and oxygen atoms in total. The van der Waals surface area contributed by atoms with Crippen LogP contribution in [0.4, 0.5) is 0 Å². The van der Waals surface area contributed by atoms with Gasteiger partial charge in [0.25, 0.3) is 5.91 Å². The van der Waals surface area contributed by atoms with Crippen LogP contribution < -0.4 is 0 Å². The number of aliphatic hydroxyl groups excluding tert-OH is 1. The van der Waals surface area contributed by atoms with Crippen LogP contribution in [0.15, 0.2) is 0 Å². The molecule has 1 N–H and O–H groups in total. The number of likely N-dealkylation sites (tertiary alicyclic amines) is 1. The molecule has 0 aromatic carbocycles. The highest BCUT2D eigenvalue weighted by Crippen LogP contribution is 2.29. The molecule has 0 spiro atoms. The summed E-state index contributed by atoms with van der Waals surface area (Å²) in [4.78, 5) is 40.8. The Morgan fingerprint density at radius 1 is 1.19 bits per heavy atom. The number of carbonyl (C=O) groups excluding carboxylic acids is 3. The second-order valence-corrected chi connectivity index (χ2v) is 6.10. The van der Waals surface area contributed by atoms with Crippen LogP contribution in [0.2, 0.25) is 0 Å². The van der Waals surface area contributed by atoms with Crippen LogP contribution in [0.5, 0.6) is 0 Å². The van der Waals surface area contributed by atoms with Crippen molar-refractivity contribution < 1.29 is 19.5 Å². The average molecular weight is 295 g/mol. The SMILES string of the molecule is O=C(CN1CCCCC(O)C1=O)N1CC(=O)N(C2CC2)C1. The summed E-state index contributed by atoms with van der Waals surface area (Å²) in [6, 6.07) is 0.303. The van der Waals surface area contributed by atoms with Gasteiger partial charge in [-0.1, -0.05) is 0 Å². The Morgan fingerprint density at radius 2 is 1.95 bits per heavy atom. The molecular formula is C14H21N3O4. The Balaban J connectivity index is 1.58. The van der Waals surface area contributed by atoms with Crippen molar-refractivity contribution in [3.63, 3.8) is 0 Å². The predicted molar refractivity (Wildman–Crippen MR) is 72.9 cm³/mol. The monoisotopic (exact) mass is 295 g/mol. The summed E-state index contributed by atoms with van der Waals surface area (Å²) < 4.78 is 0. The van der Waals surface area contributed by atoms with Crippen LogP contribution >= 0.6 is 0 Å². The molecule has 7 heteroatoms. The van der Waals surface area contributed by atoms with E-state index in [1.807, 2.05) is 0 Å². The third-order valence-corrected chi connectivity index (χ3v) is 4.39. The third kappa shape index (κ3) is 3.02. The normalized spacial score (nSPS) is 27.3. The highest BCUT2D eigenvalue weighted by molar-refractivity contribution is 5.91. The van der Waals surface area contributed by atoms with Gasteiger partial charge >= 0.3 is 0 Å². The van der Waals surface area contributed by atoms with Crippen molar-refractivity contribution in [1.82, 2.24) is 14.7 Å². The largest absolute Gasteiger partial charge is 0.383 e. The van der Waals surface area contributed by atoms with E-state index in [1.54, 1.807) is 4.90 Å². The van der Waals surface area contributed by atoms with E-state index in [4.69, 9.17) is 0 Å². The standard InChI is InChI=1S/C14H21N3O4/c18-11-3-1-2-6-15(14(11)21)7-12(19)16-8-13(20)17(9-16)10-4-5-10/h10-11,18H,1-9H2. The molecule has 0 aromatic heterocycles. The summed E-state index contributed by atoms with van der Waals surface area (Å²) in [5.74, 6) is -0.590. The van der Waals surface area contributed by atoms with Crippen LogP contribution in [0.3, 0.4) is 0 Å². The van der Waals surface area contributed by atoms with Crippen molar-refractivity contribution in [2.45, 2.75) is 44.2 Å². The molecule has 2 saturated heterocycles. The van der Waals surface area contributed by atoms with Crippen LogP contribution in [0.25, 0.3) is 0 Å². The number of amides is 3. The molecule has 3 amide bonds. The molecule has 2 heterocycles. The van der Waals surface area contributed by atoms with E-state index in [1.165, 1.54) is 9.80 Å². The zero-order valence-corrected chi connectivity index (χ0v) is 12.0. The molecule has 1 atom stereocenters. The van der Waals surface area contributed by atoms with Gasteiger partial charge in [-0.3, -0.25) is 14.4 Å². The summed E-state index contributed by atoms with van der Waals surface area (Å²) >= 11 is 0. The molecule has 21 heavy (non-hydrogen) atoms. The van der Waals surface area contributed by atoms with E-state index in [2.05, 4.69) is 0 Å². The van der Waals surface area contributed by atoms with Gasteiger partial charge in [0.1, 0.15) is 12.6 Å². The maximum absolute atomic E-state index is 12.3. The Labute approximate surface area is 123 Å². The molecule has 1 saturated carbocycles. The fourth-order valence-electron chi connectivity index (χ4n) is 2.94. The second-order valence-electron chi connectivity index (χ2n) is 6.10. The number of nitrogens with zero attached hydrogens (tertiary/aromatic N) is 3. The fourth-order valence-corrected chi connectivity index (χ4v) is 2.94. The molecular weight excluding hydrogens is 274 g/mol. The maximum atomic E-state index is 12.3. The van der Waals surface area contributed by atoms with Crippen LogP contribution in [-0.2, 0) is 14.4 Å². The van der Waals surface area contributed by atoms with Gasteiger partial charge < -0.3 is 19.8 Å². The van der Waals surface area contributed by atoms with Gasteiger partial charge in [-0.15, -0.1) is 0 Å². The zero-order valence-electron chi connectivity index (χ0n) is 12.0. The fraction of sp³-hybridized carbons (Fsp3) is 0.786. The topological polar surface area (TPSA) is 81.2 Å². The summed E-state index contributed by atoms with van der Waals surface area (Å²) in [7, 11) is 0. The van der Waals surface area contributed by atoms with E-state index in [0.717, 1.165) is 25.7 Å². The molecule has 3 rings (SSSR count). The lowest BCUT2D eigenvalue weighted by Gasteiger charge is -2.24. The lowest BCUT2D eigenvalue weighted by Crippen LogP contribution is -2.45. The first-order chi connectivity index (χ1) is 10.1. The Kier molecular flexibility index (Phi) is 3.84. The minimum atomic E-state index is -0.997. The Bertz CT molecular complexity index is 463. The number of hydrogen-bond donors (Lipinski definition) is 1.